The van der Waals surface area contributed by atoms with Gasteiger partial charge in [-0.3, -0.25) is 9.23 Å². The topological polar surface area (TPSA) is 114 Å². The Kier molecular flexibility index (Phi) is 3.93. The summed E-state index contributed by atoms with van der Waals surface area (Å²) < 4.78 is 42.4. The van der Waals surface area contributed by atoms with Crippen LogP contribution in [0.4, 0.5) is 0 Å². The van der Waals surface area contributed by atoms with Gasteiger partial charge in [-0.1, -0.05) is 16.4 Å². The zero-order valence-corrected chi connectivity index (χ0v) is 14.7. The molecule has 0 saturated carbocycles. The molecular formula is C15H17N4O6S+. The van der Waals surface area contributed by atoms with Crippen molar-refractivity contribution in [1.82, 2.24) is 15.0 Å². The molecule has 2 aliphatic rings. The van der Waals surface area contributed by atoms with Gasteiger partial charge in [0.05, 0.1) is 43.3 Å². The fraction of sp³-hybridized carbons (Fsp3) is 0.400. The minimum absolute atomic E-state index is 0.403. The number of ether oxygens (including phenoxy) is 1. The second kappa shape index (κ2) is 6.04. The van der Waals surface area contributed by atoms with E-state index in [-0.39, 0.29) is 0 Å². The molecule has 26 heavy (non-hydrogen) atoms. The number of nitroso groups, excluding NO2 is 1. The monoisotopic (exact) mass is 381 g/mol. The van der Waals surface area contributed by atoms with Crippen LogP contribution in [-0.2, 0) is 27.6 Å². The number of methoxy groups -OCH3 is 1. The summed E-state index contributed by atoms with van der Waals surface area (Å²) >= 11 is 0. The molecule has 2 heterocycles. The first kappa shape index (κ1) is 16.9. The predicted octanol–water partition coefficient (Wildman–Crippen LogP) is 1.04. The Morgan fingerprint density at radius 3 is 2.73 bits per heavy atom. The van der Waals surface area contributed by atoms with E-state index in [4.69, 9.17) is 9.29 Å². The molecule has 1 aliphatic heterocycles. The summed E-state index contributed by atoms with van der Waals surface area (Å²) in [5.41, 5.74) is 2.58. The average molecular weight is 381 g/mol. The molecule has 2 bridgehead atoms. The van der Waals surface area contributed by atoms with Crippen molar-refractivity contribution in [3.05, 3.63) is 52.2 Å². The SMILES string of the molecule is COc1ccc(Cn2ncc3c2CC2CC3N(OS(=O)(=O)O)[N+]2=O)cc1. The number of hydrazine groups is 1. The zero-order chi connectivity index (χ0) is 18.5. The summed E-state index contributed by atoms with van der Waals surface area (Å²) in [7, 11) is -3.18. The van der Waals surface area contributed by atoms with Crippen LogP contribution < -0.4 is 4.74 Å². The first-order valence-corrected chi connectivity index (χ1v) is 9.32. The van der Waals surface area contributed by atoms with E-state index in [9.17, 15) is 13.3 Å². The van der Waals surface area contributed by atoms with Gasteiger partial charge in [0.1, 0.15) is 10.6 Å². The number of aromatic nitrogens is 2. The molecule has 4 rings (SSSR count). The maximum absolute atomic E-state index is 12.3. The van der Waals surface area contributed by atoms with Gasteiger partial charge in [-0.05, 0) is 17.7 Å². The van der Waals surface area contributed by atoms with E-state index in [1.54, 1.807) is 18.0 Å². The molecule has 11 heteroatoms. The lowest BCUT2D eigenvalue weighted by molar-refractivity contribution is -0.768. The van der Waals surface area contributed by atoms with E-state index in [2.05, 4.69) is 9.38 Å². The standard InChI is InChI=1S/C15H16N4O6S/c1-24-12-4-2-10(3-5-12)9-17-14-6-11-7-15(13(14)8-16-17)19(18(11)20)25-26(21,22)23/h2-5,8,11,15H,6-7,9H2,1H3/p+1. The summed E-state index contributed by atoms with van der Waals surface area (Å²) in [6.45, 7) is 0.511. The molecule has 2 unspecified atom stereocenters. The average Bonchev–Trinajstić information content (AvgIpc) is 3.10. The van der Waals surface area contributed by atoms with Crippen molar-refractivity contribution in [2.24, 2.45) is 0 Å². The van der Waals surface area contributed by atoms with E-state index in [0.29, 0.717) is 29.4 Å². The van der Waals surface area contributed by atoms with Crippen molar-refractivity contribution in [2.75, 3.05) is 7.11 Å². The summed E-state index contributed by atoms with van der Waals surface area (Å²) in [6, 6.07) is 6.50. The van der Waals surface area contributed by atoms with Crippen LogP contribution in [0.25, 0.3) is 0 Å². The van der Waals surface area contributed by atoms with Crippen molar-refractivity contribution < 1.29 is 26.9 Å². The van der Waals surface area contributed by atoms with Crippen LogP contribution in [0.3, 0.4) is 0 Å². The molecule has 2 aromatic rings. The molecule has 0 radical (unpaired) electrons. The molecule has 1 saturated heterocycles. The van der Waals surface area contributed by atoms with Gasteiger partial charge in [0, 0.05) is 10.7 Å². The third-order valence-electron chi connectivity index (χ3n) is 4.70. The fourth-order valence-electron chi connectivity index (χ4n) is 3.52. The fourth-order valence-corrected chi connectivity index (χ4v) is 3.88. The summed E-state index contributed by atoms with van der Waals surface area (Å²) in [5.74, 6) is 0.759. The smallest absolute Gasteiger partial charge is 0.422 e. The summed E-state index contributed by atoms with van der Waals surface area (Å²) in [5, 5.41) is 5.05. The quantitative estimate of drug-likeness (QED) is 0.604. The van der Waals surface area contributed by atoms with Crippen molar-refractivity contribution in [2.45, 2.75) is 31.5 Å². The molecule has 1 N–H and O–H groups in total. The Labute approximate surface area is 149 Å². The van der Waals surface area contributed by atoms with Gasteiger partial charge in [-0.2, -0.15) is 13.5 Å². The van der Waals surface area contributed by atoms with Crippen molar-refractivity contribution in [3.8, 4) is 5.75 Å². The maximum atomic E-state index is 12.3. The van der Waals surface area contributed by atoms with Crippen LogP contribution in [0.2, 0.25) is 0 Å². The molecule has 1 aliphatic carbocycles. The second-order valence-corrected chi connectivity index (χ2v) is 7.27. The predicted molar refractivity (Wildman–Crippen MR) is 87.3 cm³/mol. The van der Waals surface area contributed by atoms with Crippen molar-refractivity contribution in [1.29, 1.82) is 0 Å². The van der Waals surface area contributed by atoms with Gasteiger partial charge in [0.25, 0.3) is 0 Å². The van der Waals surface area contributed by atoms with E-state index >= 15 is 0 Å². The molecule has 2 atom stereocenters. The van der Waals surface area contributed by atoms with E-state index < -0.39 is 22.5 Å². The molecule has 1 fully saturated rings. The highest BCUT2D eigenvalue weighted by Crippen LogP contribution is 2.42. The van der Waals surface area contributed by atoms with Crippen LogP contribution in [0.15, 0.2) is 30.5 Å². The Balaban J connectivity index is 1.62. The highest BCUT2D eigenvalue weighted by molar-refractivity contribution is 7.80. The van der Waals surface area contributed by atoms with Crippen LogP contribution in [0, 0.1) is 4.91 Å². The Bertz CT molecular complexity index is 955. The number of hydrogen-bond donors (Lipinski definition) is 1. The highest BCUT2D eigenvalue weighted by Gasteiger charge is 2.56. The summed E-state index contributed by atoms with van der Waals surface area (Å²) in [6.07, 6.45) is 2.43. The molecule has 0 amide bonds. The first-order valence-electron chi connectivity index (χ1n) is 7.96. The van der Waals surface area contributed by atoms with E-state index in [1.165, 1.54) is 0 Å². The Hall–Kier alpha value is -2.50. The summed E-state index contributed by atoms with van der Waals surface area (Å²) in [4.78, 5) is 12.7. The van der Waals surface area contributed by atoms with Gasteiger partial charge in [-0.15, -0.1) is 0 Å². The lowest BCUT2D eigenvalue weighted by atomic mass is 9.92. The van der Waals surface area contributed by atoms with Crippen molar-refractivity contribution >= 4 is 10.4 Å². The number of nitrogens with zero attached hydrogens (tertiary/aromatic N) is 4. The first-order chi connectivity index (χ1) is 12.4. The van der Waals surface area contributed by atoms with Crippen LogP contribution >= 0.6 is 0 Å². The normalized spacial score (nSPS) is 21.8. The molecule has 1 aromatic carbocycles. The Morgan fingerprint density at radius 1 is 1.35 bits per heavy atom. The van der Waals surface area contributed by atoms with Gasteiger partial charge >= 0.3 is 10.4 Å². The van der Waals surface area contributed by atoms with Crippen molar-refractivity contribution in [3.63, 3.8) is 0 Å². The lowest BCUT2D eigenvalue weighted by Crippen LogP contribution is -2.33. The largest absolute Gasteiger partial charge is 0.497 e. The number of hydrogen-bond acceptors (Lipinski definition) is 6. The number of benzene rings is 1. The minimum Gasteiger partial charge on any atom is -0.497 e. The second-order valence-electron chi connectivity index (χ2n) is 6.27. The van der Waals surface area contributed by atoms with Crippen LogP contribution in [0.5, 0.6) is 5.75 Å². The minimum atomic E-state index is -4.78. The van der Waals surface area contributed by atoms with E-state index in [1.807, 2.05) is 24.3 Å². The Morgan fingerprint density at radius 2 is 2.08 bits per heavy atom. The van der Waals surface area contributed by atoms with Crippen LogP contribution in [-0.4, -0.2) is 45.9 Å². The molecular weight excluding hydrogens is 364 g/mol. The molecule has 1 aromatic heterocycles. The highest BCUT2D eigenvalue weighted by atomic mass is 32.3. The number of hydroxylamine groups is 1. The number of rotatable bonds is 5. The number of fused-ring (bicyclic) bond motifs is 4. The van der Waals surface area contributed by atoms with Gasteiger partial charge in [-0.25, -0.2) is 0 Å². The molecule has 138 valence electrons. The zero-order valence-electron chi connectivity index (χ0n) is 13.8. The van der Waals surface area contributed by atoms with Gasteiger partial charge < -0.3 is 4.74 Å². The molecule has 0 spiro atoms. The third-order valence-corrected chi connectivity index (χ3v) is 5.04. The maximum Gasteiger partial charge on any atom is 0.422 e. The molecule has 10 nitrogen and oxygen atoms in total. The van der Waals surface area contributed by atoms with Gasteiger partial charge in [0.15, 0.2) is 6.04 Å². The van der Waals surface area contributed by atoms with E-state index in [0.717, 1.165) is 22.6 Å². The lowest BCUT2D eigenvalue weighted by Gasteiger charge is -2.16. The third kappa shape index (κ3) is 2.93. The van der Waals surface area contributed by atoms with Gasteiger partial charge in [0.2, 0.25) is 6.04 Å². The van der Waals surface area contributed by atoms with Crippen LogP contribution in [0.1, 0.15) is 29.3 Å².